The monoisotopic (exact) mass is 494 g/mol. The zero-order valence-corrected chi connectivity index (χ0v) is 19.2. The van der Waals surface area contributed by atoms with Gasteiger partial charge in [-0.2, -0.15) is 18.3 Å². The van der Waals surface area contributed by atoms with E-state index < -0.39 is 23.1 Å². The van der Waals surface area contributed by atoms with Crippen molar-refractivity contribution in [3.8, 4) is 5.75 Å². The molecule has 32 heavy (non-hydrogen) atoms. The van der Waals surface area contributed by atoms with Crippen LogP contribution in [0.3, 0.4) is 0 Å². The van der Waals surface area contributed by atoms with Gasteiger partial charge in [-0.25, -0.2) is 4.68 Å². The number of carbonyl (C=O) groups is 1. The van der Waals surface area contributed by atoms with Crippen LogP contribution in [0.5, 0.6) is 5.75 Å². The molecule has 2 heterocycles. The number of anilines is 1. The summed E-state index contributed by atoms with van der Waals surface area (Å²) in [6, 6.07) is 5.10. The van der Waals surface area contributed by atoms with Crippen molar-refractivity contribution in [1.82, 2.24) is 14.7 Å². The van der Waals surface area contributed by atoms with Crippen molar-refractivity contribution >= 4 is 35.2 Å². The number of aldehydes is 1. The third-order valence-corrected chi connectivity index (χ3v) is 6.21. The second-order valence-electron chi connectivity index (χ2n) is 7.35. The van der Waals surface area contributed by atoms with Gasteiger partial charge in [-0.05, 0) is 19.1 Å². The molecule has 1 saturated heterocycles. The Morgan fingerprint density at radius 3 is 2.56 bits per heavy atom. The second kappa shape index (κ2) is 9.86. The van der Waals surface area contributed by atoms with Crippen LogP contribution in [0.2, 0.25) is 10.0 Å². The maximum absolute atomic E-state index is 13.3. The Morgan fingerprint density at radius 1 is 1.28 bits per heavy atom. The van der Waals surface area contributed by atoms with E-state index in [0.717, 1.165) is 10.4 Å². The summed E-state index contributed by atoms with van der Waals surface area (Å²) >= 11 is 12.0. The van der Waals surface area contributed by atoms with Crippen LogP contribution in [0, 0.1) is 6.92 Å². The zero-order chi connectivity index (χ0) is 23.6. The van der Waals surface area contributed by atoms with E-state index in [9.17, 15) is 18.0 Å². The van der Waals surface area contributed by atoms with Crippen LogP contribution in [0.15, 0.2) is 18.2 Å². The summed E-state index contributed by atoms with van der Waals surface area (Å²) in [6.07, 6.45) is -5.22. The second-order valence-corrected chi connectivity index (χ2v) is 8.14. The predicted molar refractivity (Wildman–Crippen MR) is 115 cm³/mol. The number of carbonyl (C=O) groups excluding carboxylic acids is 1. The highest BCUT2D eigenvalue weighted by Gasteiger charge is 2.41. The Hall–Kier alpha value is -2.01. The Morgan fingerprint density at radius 2 is 2.00 bits per heavy atom. The van der Waals surface area contributed by atoms with Gasteiger partial charge in [0.25, 0.3) is 0 Å². The Bertz CT molecular complexity index is 970. The van der Waals surface area contributed by atoms with Crippen LogP contribution in [0.1, 0.15) is 17.6 Å². The number of benzene rings is 1. The van der Waals surface area contributed by atoms with Gasteiger partial charge in [0, 0.05) is 38.5 Å². The average molecular weight is 495 g/mol. The van der Waals surface area contributed by atoms with Crippen molar-refractivity contribution in [2.75, 3.05) is 45.4 Å². The molecule has 0 radical (unpaired) electrons. The lowest BCUT2D eigenvalue weighted by atomic mass is 10.1. The molecule has 2 aromatic rings. The van der Waals surface area contributed by atoms with E-state index in [1.54, 1.807) is 11.0 Å². The van der Waals surface area contributed by atoms with Crippen LogP contribution < -0.4 is 9.64 Å². The van der Waals surface area contributed by atoms with Gasteiger partial charge in [-0.15, -0.1) is 0 Å². The van der Waals surface area contributed by atoms with Crippen molar-refractivity contribution in [2.45, 2.75) is 25.3 Å². The van der Waals surface area contributed by atoms with Gasteiger partial charge in [0.15, 0.2) is 18.1 Å². The van der Waals surface area contributed by atoms with Crippen molar-refractivity contribution in [2.24, 2.45) is 0 Å². The molecule has 1 unspecified atom stereocenters. The summed E-state index contributed by atoms with van der Waals surface area (Å²) < 4.78 is 51.5. The number of ether oxygens (including phenoxy) is 2. The molecule has 3 rings (SSSR count). The molecule has 0 spiro atoms. The van der Waals surface area contributed by atoms with Gasteiger partial charge in [-0.3, -0.25) is 9.69 Å². The molecule has 7 nitrogen and oxygen atoms in total. The number of nitrogens with zero attached hydrogens (tertiary/aromatic N) is 4. The van der Waals surface area contributed by atoms with E-state index in [2.05, 4.69) is 10.00 Å². The number of hydrogen-bond donors (Lipinski definition) is 0. The number of alkyl halides is 3. The minimum atomic E-state index is -4.72. The van der Waals surface area contributed by atoms with Crippen molar-refractivity contribution in [1.29, 1.82) is 0 Å². The SMILES string of the molecule is COC[C@H]1CN(c2ccc(Cl)c(OC)c2)CCN1C(C=O)n1nc(C(F)(F)F)c(Cl)c1C. The maximum Gasteiger partial charge on any atom is 0.436 e. The molecule has 0 N–H and O–H groups in total. The lowest BCUT2D eigenvalue weighted by Crippen LogP contribution is -2.57. The van der Waals surface area contributed by atoms with E-state index >= 15 is 0 Å². The fraction of sp³-hybridized carbons (Fsp3) is 0.500. The quantitative estimate of drug-likeness (QED) is 0.541. The predicted octanol–water partition coefficient (Wildman–Crippen LogP) is 4.06. The van der Waals surface area contributed by atoms with E-state index in [1.165, 1.54) is 21.1 Å². The molecule has 12 heteroatoms. The first kappa shape index (κ1) is 24.6. The van der Waals surface area contributed by atoms with E-state index in [-0.39, 0.29) is 18.3 Å². The van der Waals surface area contributed by atoms with Crippen LogP contribution in [0.4, 0.5) is 18.9 Å². The highest BCUT2D eigenvalue weighted by molar-refractivity contribution is 6.32. The van der Waals surface area contributed by atoms with Crippen molar-refractivity contribution < 1.29 is 27.4 Å². The molecule has 0 amide bonds. The number of hydrogen-bond acceptors (Lipinski definition) is 6. The summed E-state index contributed by atoms with van der Waals surface area (Å²) in [5, 5.41) is 3.60. The number of halogens is 5. The number of methoxy groups -OCH3 is 2. The zero-order valence-electron chi connectivity index (χ0n) is 17.7. The third kappa shape index (κ3) is 4.83. The number of rotatable bonds is 7. The molecule has 2 atom stereocenters. The molecule has 1 aromatic heterocycles. The normalized spacial score (nSPS) is 18.6. The Kier molecular flexibility index (Phi) is 7.59. The summed E-state index contributed by atoms with van der Waals surface area (Å²) in [5.74, 6) is 0.530. The molecule has 1 aliphatic heterocycles. The van der Waals surface area contributed by atoms with Crippen LogP contribution in [-0.2, 0) is 15.7 Å². The van der Waals surface area contributed by atoms with Gasteiger partial charge in [0.2, 0.25) is 0 Å². The first-order valence-corrected chi connectivity index (χ1v) is 10.5. The Labute approximate surface area is 193 Å². The molecular formula is C20H23Cl2F3N4O3. The summed E-state index contributed by atoms with van der Waals surface area (Å²) in [7, 11) is 3.05. The van der Waals surface area contributed by atoms with Gasteiger partial charge >= 0.3 is 6.18 Å². The molecule has 176 valence electrons. The van der Waals surface area contributed by atoms with E-state index in [0.29, 0.717) is 36.7 Å². The Balaban J connectivity index is 1.90. The highest BCUT2D eigenvalue weighted by Crippen LogP contribution is 2.37. The lowest BCUT2D eigenvalue weighted by molar-refractivity contribution is -0.142. The van der Waals surface area contributed by atoms with Gasteiger partial charge < -0.3 is 14.4 Å². The van der Waals surface area contributed by atoms with Crippen LogP contribution in [0.25, 0.3) is 0 Å². The summed E-state index contributed by atoms with van der Waals surface area (Å²) in [6.45, 7) is 3.01. The van der Waals surface area contributed by atoms with Crippen LogP contribution >= 0.6 is 23.2 Å². The first-order chi connectivity index (χ1) is 15.1. The molecular weight excluding hydrogens is 472 g/mol. The standard InChI is InChI=1S/C20H23Cl2F3N4O3/c1-12-18(22)19(20(23,24)25)26-29(12)17(10-30)28-7-6-27(9-14(28)11-31-2)13-4-5-15(21)16(8-13)32-3/h4-5,8,10,14,17H,6-7,9,11H2,1-3H3/t14-,17?/m1/s1. The number of piperazine rings is 1. The summed E-state index contributed by atoms with van der Waals surface area (Å²) in [4.78, 5) is 15.9. The molecule has 0 saturated carbocycles. The molecule has 1 aliphatic rings. The molecule has 1 fully saturated rings. The fourth-order valence-electron chi connectivity index (χ4n) is 3.85. The molecule has 0 bridgehead atoms. The smallest absolute Gasteiger partial charge is 0.436 e. The highest BCUT2D eigenvalue weighted by atomic mass is 35.5. The summed E-state index contributed by atoms with van der Waals surface area (Å²) in [5.41, 5.74) is -0.275. The fourth-order valence-corrected chi connectivity index (χ4v) is 4.28. The van der Waals surface area contributed by atoms with Crippen molar-refractivity contribution in [3.63, 3.8) is 0 Å². The largest absolute Gasteiger partial charge is 0.495 e. The lowest BCUT2D eigenvalue weighted by Gasteiger charge is -2.44. The average Bonchev–Trinajstić information content (AvgIpc) is 3.05. The topological polar surface area (TPSA) is 59.8 Å². The van der Waals surface area contributed by atoms with Crippen molar-refractivity contribution in [3.05, 3.63) is 39.6 Å². The first-order valence-electron chi connectivity index (χ1n) is 9.72. The van der Waals surface area contributed by atoms with Gasteiger partial charge in [0.05, 0.1) is 35.5 Å². The third-order valence-electron chi connectivity index (χ3n) is 5.44. The molecule has 0 aliphatic carbocycles. The van der Waals surface area contributed by atoms with Crippen LogP contribution in [-0.4, -0.2) is 67.5 Å². The van der Waals surface area contributed by atoms with Gasteiger partial charge in [0.1, 0.15) is 5.75 Å². The van der Waals surface area contributed by atoms with Gasteiger partial charge in [-0.1, -0.05) is 23.2 Å². The molecule has 1 aromatic carbocycles. The number of aromatic nitrogens is 2. The van der Waals surface area contributed by atoms with E-state index in [4.69, 9.17) is 32.7 Å². The minimum absolute atomic E-state index is 0.0668. The van der Waals surface area contributed by atoms with E-state index in [1.807, 2.05) is 12.1 Å². The minimum Gasteiger partial charge on any atom is -0.495 e. The maximum atomic E-state index is 13.3.